The zero-order chi connectivity index (χ0) is 18.1. The van der Waals surface area contributed by atoms with Crippen molar-refractivity contribution in [2.75, 3.05) is 33.2 Å². The molecule has 2 aliphatic rings. The monoisotopic (exact) mass is 354 g/mol. The third-order valence-electron chi connectivity index (χ3n) is 6.02. The van der Waals surface area contributed by atoms with Crippen LogP contribution in [0.15, 0.2) is 34.9 Å². The zero-order valence-corrected chi connectivity index (χ0v) is 15.5. The van der Waals surface area contributed by atoms with E-state index in [0.29, 0.717) is 24.7 Å². The summed E-state index contributed by atoms with van der Waals surface area (Å²) in [6.07, 6.45) is 2.57. The smallest absolute Gasteiger partial charge is 0.232 e. The largest absolute Gasteiger partial charge is 0.341 e. The Labute approximate surface area is 154 Å². The molecule has 1 aromatic heterocycles. The molecule has 0 radical (unpaired) electrons. The summed E-state index contributed by atoms with van der Waals surface area (Å²) in [6.45, 7) is 5.41. The fourth-order valence-corrected chi connectivity index (χ4v) is 4.41. The van der Waals surface area contributed by atoms with E-state index >= 15 is 0 Å². The van der Waals surface area contributed by atoms with Gasteiger partial charge in [0.1, 0.15) is 0 Å². The van der Waals surface area contributed by atoms with Gasteiger partial charge in [-0.25, -0.2) is 0 Å². The molecule has 4 rings (SSSR count). The molecule has 1 amide bonds. The first-order chi connectivity index (χ1) is 12.6. The Morgan fingerprint density at radius 3 is 2.65 bits per heavy atom. The van der Waals surface area contributed by atoms with Gasteiger partial charge in [0.25, 0.3) is 0 Å². The average molecular weight is 354 g/mol. The Bertz CT molecular complexity index is 765. The van der Waals surface area contributed by atoms with E-state index in [4.69, 9.17) is 4.52 Å². The second kappa shape index (κ2) is 6.83. The lowest BCUT2D eigenvalue weighted by Crippen LogP contribution is -2.42. The van der Waals surface area contributed by atoms with E-state index in [1.54, 1.807) is 0 Å². The number of benzene rings is 1. The maximum Gasteiger partial charge on any atom is 0.232 e. The zero-order valence-electron chi connectivity index (χ0n) is 15.5. The highest BCUT2D eigenvalue weighted by atomic mass is 16.5. The molecule has 0 saturated carbocycles. The Hall–Kier alpha value is -2.21. The van der Waals surface area contributed by atoms with E-state index < -0.39 is 0 Å². The average Bonchev–Trinajstić information content (AvgIpc) is 3.23. The van der Waals surface area contributed by atoms with Crippen LogP contribution in [0.25, 0.3) is 0 Å². The SMILES string of the molecule is Cc1noc(C2CN(C(=O)Cc3ccccc3)CC23CCN(C)CC3)n1. The topological polar surface area (TPSA) is 62.5 Å². The van der Waals surface area contributed by atoms with Gasteiger partial charge in [-0.15, -0.1) is 0 Å². The van der Waals surface area contributed by atoms with Gasteiger partial charge in [0, 0.05) is 18.5 Å². The number of carbonyl (C=O) groups is 1. The van der Waals surface area contributed by atoms with Crippen molar-refractivity contribution in [3.05, 3.63) is 47.6 Å². The molecule has 1 unspecified atom stereocenters. The lowest BCUT2D eigenvalue weighted by atomic mass is 9.71. The van der Waals surface area contributed by atoms with Gasteiger partial charge in [0.05, 0.1) is 12.3 Å². The van der Waals surface area contributed by atoms with Crippen molar-refractivity contribution < 1.29 is 9.32 Å². The highest BCUT2D eigenvalue weighted by Crippen LogP contribution is 2.49. The molecule has 0 aliphatic carbocycles. The molecule has 3 heterocycles. The summed E-state index contributed by atoms with van der Waals surface area (Å²) in [6, 6.07) is 9.96. The number of hydrogen-bond donors (Lipinski definition) is 0. The first kappa shape index (κ1) is 17.2. The van der Waals surface area contributed by atoms with Crippen LogP contribution in [0.4, 0.5) is 0 Å². The molecule has 2 fully saturated rings. The second-order valence-electron chi connectivity index (χ2n) is 7.83. The Morgan fingerprint density at radius 1 is 1.27 bits per heavy atom. The third kappa shape index (κ3) is 3.26. The van der Waals surface area contributed by atoms with Crippen molar-refractivity contribution in [3.8, 4) is 0 Å². The fraction of sp³-hybridized carbons (Fsp3) is 0.550. The molecule has 1 spiro atoms. The number of carbonyl (C=O) groups excluding carboxylic acids is 1. The predicted molar refractivity (Wildman–Crippen MR) is 97.7 cm³/mol. The molecule has 138 valence electrons. The molecule has 26 heavy (non-hydrogen) atoms. The standard InChI is InChI=1S/C20H26N4O2/c1-15-21-19(26-22-15)17-13-24(14-20(17)8-10-23(2)11-9-20)18(25)12-16-6-4-3-5-7-16/h3-7,17H,8-14H2,1-2H3. The summed E-state index contributed by atoms with van der Waals surface area (Å²) < 4.78 is 5.54. The van der Waals surface area contributed by atoms with Crippen molar-refractivity contribution in [1.29, 1.82) is 0 Å². The highest BCUT2D eigenvalue weighted by molar-refractivity contribution is 5.79. The van der Waals surface area contributed by atoms with Crippen molar-refractivity contribution in [2.45, 2.75) is 32.1 Å². The molecular weight excluding hydrogens is 328 g/mol. The van der Waals surface area contributed by atoms with Crippen LogP contribution in [-0.4, -0.2) is 59.1 Å². The van der Waals surface area contributed by atoms with Crippen LogP contribution >= 0.6 is 0 Å². The fourth-order valence-electron chi connectivity index (χ4n) is 4.41. The van der Waals surface area contributed by atoms with Crippen LogP contribution in [0.5, 0.6) is 0 Å². The molecule has 6 nitrogen and oxygen atoms in total. The Morgan fingerprint density at radius 2 is 2.00 bits per heavy atom. The quantitative estimate of drug-likeness (QED) is 0.846. The van der Waals surface area contributed by atoms with Gasteiger partial charge in [-0.3, -0.25) is 4.79 Å². The minimum Gasteiger partial charge on any atom is -0.341 e. The summed E-state index contributed by atoms with van der Waals surface area (Å²) in [5, 5.41) is 3.99. The molecule has 1 aromatic carbocycles. The summed E-state index contributed by atoms with van der Waals surface area (Å²) in [4.78, 5) is 21.8. The van der Waals surface area contributed by atoms with E-state index in [1.165, 1.54) is 0 Å². The van der Waals surface area contributed by atoms with Gasteiger partial charge >= 0.3 is 0 Å². The second-order valence-corrected chi connectivity index (χ2v) is 7.83. The molecule has 2 saturated heterocycles. The van der Waals surface area contributed by atoms with E-state index in [1.807, 2.05) is 42.2 Å². The number of nitrogens with zero attached hydrogens (tertiary/aromatic N) is 4. The third-order valence-corrected chi connectivity index (χ3v) is 6.02. The van der Waals surface area contributed by atoms with Gasteiger partial charge in [-0.1, -0.05) is 35.5 Å². The summed E-state index contributed by atoms with van der Waals surface area (Å²) in [5.74, 6) is 1.68. The minimum atomic E-state index is 0.0534. The number of rotatable bonds is 3. The highest BCUT2D eigenvalue weighted by Gasteiger charge is 2.51. The van der Waals surface area contributed by atoms with Crippen molar-refractivity contribution in [2.24, 2.45) is 5.41 Å². The van der Waals surface area contributed by atoms with Gasteiger partial charge in [-0.2, -0.15) is 4.98 Å². The Balaban J connectivity index is 1.56. The summed E-state index contributed by atoms with van der Waals surface area (Å²) in [5.41, 5.74) is 1.12. The van der Waals surface area contributed by atoms with Gasteiger partial charge in [0.2, 0.25) is 11.8 Å². The molecule has 0 bridgehead atoms. The van der Waals surface area contributed by atoms with Crippen LogP contribution in [0.1, 0.15) is 36.0 Å². The van der Waals surface area contributed by atoms with Gasteiger partial charge < -0.3 is 14.3 Å². The molecule has 2 aliphatic heterocycles. The number of amides is 1. The van der Waals surface area contributed by atoms with E-state index in [2.05, 4.69) is 22.1 Å². The summed E-state index contributed by atoms with van der Waals surface area (Å²) >= 11 is 0. The lowest BCUT2D eigenvalue weighted by molar-refractivity contribution is -0.130. The maximum absolute atomic E-state index is 12.9. The molecule has 0 N–H and O–H groups in total. The van der Waals surface area contributed by atoms with Crippen LogP contribution < -0.4 is 0 Å². The van der Waals surface area contributed by atoms with E-state index in [0.717, 1.165) is 38.0 Å². The minimum absolute atomic E-state index is 0.0534. The number of aryl methyl sites for hydroxylation is 1. The predicted octanol–water partition coefficient (Wildman–Crippen LogP) is 2.26. The molecular formula is C20H26N4O2. The molecule has 6 heteroatoms. The van der Waals surface area contributed by atoms with Crippen LogP contribution in [0.3, 0.4) is 0 Å². The summed E-state index contributed by atoms with van der Waals surface area (Å²) in [7, 11) is 2.16. The molecule has 2 aromatic rings. The van der Waals surface area contributed by atoms with Crippen LogP contribution in [0, 0.1) is 12.3 Å². The number of likely N-dealkylation sites (tertiary alicyclic amines) is 2. The normalized spacial score (nSPS) is 22.8. The van der Waals surface area contributed by atoms with Crippen LogP contribution in [0.2, 0.25) is 0 Å². The molecule has 1 atom stereocenters. The number of piperidine rings is 1. The van der Waals surface area contributed by atoms with E-state index in [9.17, 15) is 4.79 Å². The van der Waals surface area contributed by atoms with Crippen LogP contribution in [-0.2, 0) is 11.2 Å². The lowest BCUT2D eigenvalue weighted by Gasteiger charge is -2.40. The number of hydrogen-bond acceptors (Lipinski definition) is 5. The van der Waals surface area contributed by atoms with E-state index in [-0.39, 0.29) is 17.2 Å². The first-order valence-corrected chi connectivity index (χ1v) is 9.36. The van der Waals surface area contributed by atoms with Gasteiger partial charge in [0.15, 0.2) is 5.82 Å². The van der Waals surface area contributed by atoms with Crippen molar-refractivity contribution in [1.82, 2.24) is 19.9 Å². The van der Waals surface area contributed by atoms with Gasteiger partial charge in [-0.05, 0) is 45.5 Å². The van der Waals surface area contributed by atoms with Crippen molar-refractivity contribution >= 4 is 5.91 Å². The first-order valence-electron chi connectivity index (χ1n) is 9.36. The Kier molecular flexibility index (Phi) is 4.53. The maximum atomic E-state index is 12.9. The number of aromatic nitrogens is 2. The van der Waals surface area contributed by atoms with Crippen molar-refractivity contribution in [3.63, 3.8) is 0 Å².